The first-order valence-corrected chi connectivity index (χ1v) is 7.52. The molecule has 1 amide bonds. The minimum Gasteiger partial charge on any atom is -0.357 e. The Labute approximate surface area is 137 Å². The fraction of sp³-hybridized carbons (Fsp3) is 0.833. The van der Waals surface area contributed by atoms with Crippen molar-refractivity contribution in [3.8, 4) is 0 Å². The number of hydrogen-bond donors (Lipinski definition) is 2. The standard InChI is InChI=1S/C12H24N4OS.HI/c1-4-13-12(15-9-11(17)16(2)3)14-8-10-6-5-7-18-10;/h10H,4-9H2,1-3H3,(H2,13,14,15);1H. The smallest absolute Gasteiger partial charge is 0.243 e. The molecule has 112 valence electrons. The summed E-state index contributed by atoms with van der Waals surface area (Å²) >= 11 is 2.01. The van der Waals surface area contributed by atoms with Gasteiger partial charge in [0.05, 0.1) is 0 Å². The van der Waals surface area contributed by atoms with Crippen molar-refractivity contribution in [2.75, 3.05) is 39.5 Å². The second-order valence-electron chi connectivity index (χ2n) is 4.50. The van der Waals surface area contributed by atoms with Gasteiger partial charge in [-0.15, -0.1) is 24.0 Å². The van der Waals surface area contributed by atoms with Gasteiger partial charge in [0.2, 0.25) is 5.91 Å². The van der Waals surface area contributed by atoms with Crippen LogP contribution in [0.4, 0.5) is 0 Å². The Bertz CT molecular complexity index is 293. The highest BCUT2D eigenvalue weighted by Crippen LogP contribution is 2.25. The van der Waals surface area contributed by atoms with Gasteiger partial charge in [0.25, 0.3) is 0 Å². The number of likely N-dealkylation sites (N-methyl/N-ethyl adjacent to an activating group) is 1. The molecule has 0 saturated carbocycles. The number of halogens is 1. The van der Waals surface area contributed by atoms with E-state index in [0.29, 0.717) is 5.25 Å². The summed E-state index contributed by atoms with van der Waals surface area (Å²) in [5, 5.41) is 7.14. The van der Waals surface area contributed by atoms with Gasteiger partial charge >= 0.3 is 0 Å². The molecule has 2 N–H and O–H groups in total. The van der Waals surface area contributed by atoms with Gasteiger partial charge in [-0.25, -0.2) is 4.99 Å². The van der Waals surface area contributed by atoms with E-state index < -0.39 is 0 Å². The van der Waals surface area contributed by atoms with Crippen molar-refractivity contribution in [3.63, 3.8) is 0 Å². The van der Waals surface area contributed by atoms with Gasteiger partial charge in [-0.1, -0.05) is 0 Å². The van der Waals surface area contributed by atoms with E-state index in [1.54, 1.807) is 19.0 Å². The molecule has 0 aromatic heterocycles. The molecule has 7 heteroatoms. The highest BCUT2D eigenvalue weighted by Gasteiger charge is 2.15. The molecule has 0 bridgehead atoms. The topological polar surface area (TPSA) is 56.7 Å². The van der Waals surface area contributed by atoms with Gasteiger partial charge in [0.1, 0.15) is 6.54 Å². The van der Waals surface area contributed by atoms with Crippen molar-refractivity contribution < 1.29 is 4.79 Å². The molecule has 1 aliphatic rings. The first-order valence-electron chi connectivity index (χ1n) is 6.47. The second-order valence-corrected chi connectivity index (χ2v) is 5.91. The Morgan fingerprint density at radius 1 is 1.42 bits per heavy atom. The number of nitrogens with one attached hydrogen (secondary N) is 2. The number of carbonyl (C=O) groups excluding carboxylic acids is 1. The lowest BCUT2D eigenvalue weighted by Crippen LogP contribution is -2.41. The molecular weight excluding hydrogens is 375 g/mol. The highest BCUT2D eigenvalue weighted by atomic mass is 127. The van der Waals surface area contributed by atoms with E-state index in [1.165, 1.54) is 18.6 Å². The molecule has 1 atom stereocenters. The quantitative estimate of drug-likeness (QED) is 0.413. The fourth-order valence-electron chi connectivity index (χ4n) is 1.65. The third-order valence-electron chi connectivity index (χ3n) is 2.74. The molecule has 1 aliphatic heterocycles. The minimum absolute atomic E-state index is 0. The van der Waals surface area contributed by atoms with E-state index in [4.69, 9.17) is 0 Å². The van der Waals surface area contributed by atoms with Gasteiger partial charge in [0.15, 0.2) is 5.96 Å². The largest absolute Gasteiger partial charge is 0.357 e. The summed E-state index contributed by atoms with van der Waals surface area (Å²) in [6, 6.07) is 0. The molecule has 0 aliphatic carbocycles. The maximum atomic E-state index is 11.5. The van der Waals surface area contributed by atoms with Crippen LogP contribution in [0.2, 0.25) is 0 Å². The summed E-state index contributed by atoms with van der Waals surface area (Å²) in [5.74, 6) is 2.02. The van der Waals surface area contributed by atoms with Crippen molar-refractivity contribution in [3.05, 3.63) is 0 Å². The zero-order valence-electron chi connectivity index (χ0n) is 11.9. The van der Waals surface area contributed by atoms with Gasteiger partial charge in [-0.3, -0.25) is 4.79 Å². The molecule has 1 fully saturated rings. The van der Waals surface area contributed by atoms with Crippen molar-refractivity contribution in [1.82, 2.24) is 15.5 Å². The Morgan fingerprint density at radius 3 is 2.68 bits per heavy atom. The summed E-state index contributed by atoms with van der Waals surface area (Å²) in [6.07, 6.45) is 2.58. The van der Waals surface area contributed by atoms with Crippen LogP contribution in [0.15, 0.2) is 4.99 Å². The monoisotopic (exact) mass is 400 g/mol. The second kappa shape index (κ2) is 10.6. The Morgan fingerprint density at radius 2 is 2.16 bits per heavy atom. The van der Waals surface area contributed by atoms with Gasteiger partial charge in [0, 0.05) is 32.4 Å². The molecular formula is C12H25IN4OS. The number of carbonyl (C=O) groups is 1. The molecule has 1 rings (SSSR count). The Kier molecular flexibility index (Phi) is 10.5. The van der Waals surface area contributed by atoms with Crippen molar-refractivity contribution in [2.45, 2.75) is 25.0 Å². The van der Waals surface area contributed by atoms with Crippen LogP contribution in [-0.2, 0) is 4.79 Å². The number of hydrogen-bond acceptors (Lipinski definition) is 3. The van der Waals surface area contributed by atoms with Crippen molar-refractivity contribution >= 4 is 47.6 Å². The number of nitrogens with zero attached hydrogens (tertiary/aromatic N) is 2. The van der Waals surface area contributed by atoms with E-state index in [2.05, 4.69) is 15.6 Å². The van der Waals surface area contributed by atoms with Crippen LogP contribution in [0.1, 0.15) is 19.8 Å². The fourth-order valence-corrected chi connectivity index (χ4v) is 2.85. The molecule has 0 aromatic carbocycles. The molecule has 5 nitrogen and oxygen atoms in total. The summed E-state index contributed by atoms with van der Waals surface area (Å²) < 4.78 is 0. The Balaban J connectivity index is 0.00000324. The molecule has 1 unspecified atom stereocenters. The number of aliphatic imine (C=N–C) groups is 1. The maximum Gasteiger partial charge on any atom is 0.243 e. The van der Waals surface area contributed by atoms with Crippen LogP contribution < -0.4 is 10.6 Å². The lowest BCUT2D eigenvalue weighted by atomic mass is 10.2. The van der Waals surface area contributed by atoms with Crippen LogP contribution in [0.25, 0.3) is 0 Å². The van der Waals surface area contributed by atoms with Gasteiger partial charge in [-0.2, -0.15) is 11.8 Å². The lowest BCUT2D eigenvalue weighted by molar-refractivity contribution is -0.127. The minimum atomic E-state index is 0. The van der Waals surface area contributed by atoms with Crippen molar-refractivity contribution in [2.24, 2.45) is 4.99 Å². The summed E-state index contributed by atoms with van der Waals surface area (Å²) in [5.41, 5.74) is 0. The predicted octanol–water partition coefficient (Wildman–Crippen LogP) is 1.14. The number of guanidine groups is 1. The van der Waals surface area contributed by atoms with Crippen LogP contribution in [0, 0.1) is 0 Å². The molecule has 1 heterocycles. The molecule has 0 spiro atoms. The molecule has 19 heavy (non-hydrogen) atoms. The van der Waals surface area contributed by atoms with Crippen LogP contribution in [0.5, 0.6) is 0 Å². The summed E-state index contributed by atoms with van der Waals surface area (Å²) in [4.78, 5) is 17.3. The molecule has 1 saturated heterocycles. The zero-order chi connectivity index (χ0) is 13.4. The van der Waals surface area contributed by atoms with E-state index in [0.717, 1.165) is 19.0 Å². The van der Waals surface area contributed by atoms with Gasteiger partial charge in [-0.05, 0) is 25.5 Å². The molecule has 0 radical (unpaired) electrons. The number of amides is 1. The van der Waals surface area contributed by atoms with Crippen LogP contribution in [-0.4, -0.2) is 61.5 Å². The number of thioether (sulfide) groups is 1. The average molecular weight is 400 g/mol. The van der Waals surface area contributed by atoms with Gasteiger partial charge < -0.3 is 15.5 Å². The van der Waals surface area contributed by atoms with Crippen LogP contribution >= 0.6 is 35.7 Å². The SMILES string of the molecule is CCNC(=NCC(=O)N(C)C)NCC1CCCS1.I. The maximum absolute atomic E-state index is 11.5. The number of rotatable bonds is 5. The highest BCUT2D eigenvalue weighted by molar-refractivity contribution is 14.0. The average Bonchev–Trinajstić information content (AvgIpc) is 2.85. The van der Waals surface area contributed by atoms with E-state index in [1.807, 2.05) is 18.7 Å². The first kappa shape index (κ1) is 18.8. The summed E-state index contributed by atoms with van der Waals surface area (Å²) in [7, 11) is 3.49. The van der Waals surface area contributed by atoms with Crippen LogP contribution in [0.3, 0.4) is 0 Å². The third kappa shape index (κ3) is 7.86. The third-order valence-corrected chi connectivity index (χ3v) is 4.13. The predicted molar refractivity (Wildman–Crippen MR) is 93.6 cm³/mol. The lowest BCUT2D eigenvalue weighted by Gasteiger charge is -2.15. The normalized spacial score (nSPS) is 18.7. The van der Waals surface area contributed by atoms with E-state index in [9.17, 15) is 4.79 Å². The first-order chi connectivity index (χ1) is 8.63. The molecule has 0 aromatic rings. The van der Waals surface area contributed by atoms with Crippen molar-refractivity contribution in [1.29, 1.82) is 0 Å². The van der Waals surface area contributed by atoms with E-state index >= 15 is 0 Å². The summed E-state index contributed by atoms with van der Waals surface area (Å²) in [6.45, 7) is 3.95. The van der Waals surface area contributed by atoms with E-state index in [-0.39, 0.29) is 36.4 Å². The Hall–Kier alpha value is -0.180. The zero-order valence-corrected chi connectivity index (χ0v) is 15.1.